The highest BCUT2D eigenvalue weighted by Gasteiger charge is 2.18. The Labute approximate surface area is 201 Å². The Balaban J connectivity index is 1.62. The summed E-state index contributed by atoms with van der Waals surface area (Å²) in [7, 11) is 0. The van der Waals surface area contributed by atoms with Crippen molar-refractivity contribution in [3.05, 3.63) is 93.1 Å². The van der Waals surface area contributed by atoms with Gasteiger partial charge in [-0.3, -0.25) is 4.79 Å². The van der Waals surface area contributed by atoms with Crippen molar-refractivity contribution in [2.24, 2.45) is 10.1 Å². The minimum Gasteiger partial charge on any atom is -0.482 e. The van der Waals surface area contributed by atoms with Crippen LogP contribution in [0, 0.1) is 20.8 Å². The molecule has 1 aliphatic rings. The number of nitrogens with one attached hydrogen (secondary N) is 1. The molecular weight excluding hydrogens is 444 g/mol. The molecule has 0 atom stereocenters. The molecule has 34 heavy (non-hydrogen) atoms. The molecule has 0 saturated heterocycles. The molecule has 0 fully saturated rings. The predicted molar refractivity (Wildman–Crippen MR) is 137 cm³/mol. The number of carbonyl (C=O) groups excluding carboxylic acids is 1. The molecule has 1 aromatic heterocycles. The first-order valence-electron chi connectivity index (χ1n) is 11.0. The van der Waals surface area contributed by atoms with Crippen molar-refractivity contribution in [2.75, 3.05) is 11.9 Å². The van der Waals surface area contributed by atoms with E-state index in [1.807, 2.05) is 52.7 Å². The predicted octanol–water partition coefficient (Wildman–Crippen LogP) is 5.59. The molecule has 1 amide bonds. The van der Waals surface area contributed by atoms with Gasteiger partial charge in [-0.05, 0) is 67.8 Å². The quantitative estimate of drug-likeness (QED) is 0.397. The Hall–Kier alpha value is -3.97. The SMILES string of the molecule is Cc1ccc(C=Nn2c(-c3ccc4c(c3)NC(=O)CO4)csc2=Nc2ccc(C)c(C)c2)cc1. The summed E-state index contributed by atoms with van der Waals surface area (Å²) in [5.41, 5.74) is 7.93. The molecule has 5 rings (SSSR count). The summed E-state index contributed by atoms with van der Waals surface area (Å²) >= 11 is 1.52. The van der Waals surface area contributed by atoms with E-state index in [0.717, 1.165) is 27.3 Å². The Kier molecular flexibility index (Phi) is 5.86. The summed E-state index contributed by atoms with van der Waals surface area (Å²) < 4.78 is 7.35. The molecule has 0 bridgehead atoms. The lowest BCUT2D eigenvalue weighted by molar-refractivity contribution is -0.118. The van der Waals surface area contributed by atoms with Crippen LogP contribution in [0.4, 0.5) is 11.4 Å². The Morgan fingerprint density at radius 1 is 1.00 bits per heavy atom. The van der Waals surface area contributed by atoms with E-state index in [4.69, 9.17) is 14.8 Å². The van der Waals surface area contributed by atoms with Crippen LogP contribution in [0.5, 0.6) is 5.75 Å². The summed E-state index contributed by atoms with van der Waals surface area (Å²) in [6.07, 6.45) is 1.83. The standard InChI is InChI=1S/C27H24N4O2S/c1-17-4-7-20(8-5-17)14-28-31-24(21-9-11-25-23(13-21)30-26(32)15-33-25)16-34-27(31)29-22-10-6-18(2)19(3)12-22/h4-14,16H,15H2,1-3H3,(H,30,32). The molecular formula is C27H24N4O2S. The number of nitrogens with zero attached hydrogens (tertiary/aromatic N) is 3. The first-order chi connectivity index (χ1) is 16.5. The molecule has 2 heterocycles. The summed E-state index contributed by atoms with van der Waals surface area (Å²) in [5.74, 6) is 0.499. The zero-order chi connectivity index (χ0) is 23.7. The molecule has 0 aliphatic carbocycles. The molecule has 7 heteroatoms. The van der Waals surface area contributed by atoms with Gasteiger partial charge in [0.25, 0.3) is 5.91 Å². The van der Waals surface area contributed by atoms with Crippen LogP contribution in [0.3, 0.4) is 0 Å². The molecule has 4 aromatic rings. The van der Waals surface area contributed by atoms with Crippen LogP contribution in [-0.4, -0.2) is 23.4 Å². The Bertz CT molecular complexity index is 1480. The van der Waals surface area contributed by atoms with E-state index in [-0.39, 0.29) is 12.5 Å². The third-order valence-corrected chi connectivity index (χ3v) is 6.52. The highest BCUT2D eigenvalue weighted by molar-refractivity contribution is 7.07. The van der Waals surface area contributed by atoms with E-state index in [9.17, 15) is 4.79 Å². The fourth-order valence-corrected chi connectivity index (χ4v) is 4.47. The fraction of sp³-hybridized carbons (Fsp3) is 0.148. The van der Waals surface area contributed by atoms with Crippen LogP contribution < -0.4 is 14.9 Å². The lowest BCUT2D eigenvalue weighted by Gasteiger charge is -2.18. The topological polar surface area (TPSA) is 68.0 Å². The number of ether oxygens (including phenoxy) is 1. The van der Waals surface area contributed by atoms with Crippen molar-refractivity contribution < 1.29 is 9.53 Å². The molecule has 6 nitrogen and oxygen atoms in total. The number of fused-ring (bicyclic) bond motifs is 1. The number of benzene rings is 3. The van der Waals surface area contributed by atoms with Crippen molar-refractivity contribution in [2.45, 2.75) is 20.8 Å². The molecule has 0 saturated carbocycles. The van der Waals surface area contributed by atoms with Gasteiger partial charge in [0.05, 0.1) is 23.3 Å². The molecule has 0 unspecified atom stereocenters. The van der Waals surface area contributed by atoms with Crippen molar-refractivity contribution >= 4 is 34.8 Å². The maximum Gasteiger partial charge on any atom is 0.262 e. The van der Waals surface area contributed by atoms with Gasteiger partial charge in [-0.15, -0.1) is 11.3 Å². The summed E-state index contributed by atoms with van der Waals surface area (Å²) in [5, 5.41) is 9.70. The van der Waals surface area contributed by atoms with Gasteiger partial charge in [0.15, 0.2) is 6.61 Å². The summed E-state index contributed by atoms with van der Waals surface area (Å²) in [6.45, 7) is 6.27. The third kappa shape index (κ3) is 4.56. The van der Waals surface area contributed by atoms with Crippen molar-refractivity contribution in [1.29, 1.82) is 0 Å². The molecule has 1 aliphatic heterocycles. The van der Waals surface area contributed by atoms with E-state index in [2.05, 4.69) is 50.4 Å². The number of hydrogen-bond donors (Lipinski definition) is 1. The molecule has 0 spiro atoms. The Morgan fingerprint density at radius 3 is 2.62 bits per heavy atom. The zero-order valence-electron chi connectivity index (χ0n) is 19.2. The van der Waals surface area contributed by atoms with Crippen LogP contribution >= 0.6 is 11.3 Å². The van der Waals surface area contributed by atoms with Crippen molar-refractivity contribution in [1.82, 2.24) is 4.68 Å². The zero-order valence-corrected chi connectivity index (χ0v) is 20.0. The number of thiazole rings is 1. The number of aromatic nitrogens is 1. The van der Waals surface area contributed by atoms with Crippen molar-refractivity contribution in [3.8, 4) is 17.0 Å². The molecule has 3 aromatic carbocycles. The number of hydrogen-bond acceptors (Lipinski definition) is 5. The van der Waals surface area contributed by atoms with Gasteiger partial charge >= 0.3 is 0 Å². The normalized spacial score (nSPS) is 13.6. The second-order valence-corrected chi connectivity index (χ2v) is 9.14. The maximum atomic E-state index is 11.8. The van der Waals surface area contributed by atoms with E-state index in [1.165, 1.54) is 28.0 Å². The molecule has 170 valence electrons. The number of carbonyl (C=O) groups is 1. The molecule has 0 radical (unpaired) electrons. The van der Waals surface area contributed by atoms with Gasteiger partial charge in [-0.1, -0.05) is 35.9 Å². The first kappa shape index (κ1) is 21.9. The average Bonchev–Trinajstić information content (AvgIpc) is 3.23. The highest BCUT2D eigenvalue weighted by atomic mass is 32.1. The minimum absolute atomic E-state index is 0.0324. The number of aryl methyl sites for hydroxylation is 3. The van der Waals surface area contributed by atoms with E-state index < -0.39 is 0 Å². The van der Waals surface area contributed by atoms with Crippen LogP contribution in [0.15, 0.2) is 76.1 Å². The number of amides is 1. The van der Waals surface area contributed by atoms with Gasteiger partial charge in [-0.2, -0.15) is 5.10 Å². The van der Waals surface area contributed by atoms with Gasteiger partial charge in [0.1, 0.15) is 5.75 Å². The van der Waals surface area contributed by atoms with Gasteiger partial charge in [0.2, 0.25) is 4.80 Å². The van der Waals surface area contributed by atoms with E-state index in [0.29, 0.717) is 11.4 Å². The van der Waals surface area contributed by atoms with Gasteiger partial charge in [0, 0.05) is 10.9 Å². The maximum absolute atomic E-state index is 11.8. The largest absolute Gasteiger partial charge is 0.482 e. The van der Waals surface area contributed by atoms with E-state index in [1.54, 1.807) is 0 Å². The minimum atomic E-state index is -0.161. The fourth-order valence-electron chi connectivity index (χ4n) is 3.61. The smallest absolute Gasteiger partial charge is 0.262 e. The lowest BCUT2D eigenvalue weighted by atomic mass is 10.1. The van der Waals surface area contributed by atoms with E-state index >= 15 is 0 Å². The monoisotopic (exact) mass is 468 g/mol. The van der Waals surface area contributed by atoms with Crippen molar-refractivity contribution in [3.63, 3.8) is 0 Å². The van der Waals surface area contributed by atoms with Crippen LogP contribution in [-0.2, 0) is 4.79 Å². The first-order valence-corrected chi connectivity index (χ1v) is 11.8. The summed E-state index contributed by atoms with van der Waals surface area (Å²) in [6, 6.07) is 20.1. The second kappa shape index (κ2) is 9.11. The third-order valence-electron chi connectivity index (χ3n) is 5.71. The van der Waals surface area contributed by atoms with Crippen LogP contribution in [0.25, 0.3) is 11.3 Å². The number of rotatable bonds is 4. The highest BCUT2D eigenvalue weighted by Crippen LogP contribution is 2.33. The average molecular weight is 469 g/mol. The molecule has 1 N–H and O–H groups in total. The van der Waals surface area contributed by atoms with Crippen LogP contribution in [0.1, 0.15) is 22.3 Å². The van der Waals surface area contributed by atoms with Gasteiger partial charge in [-0.25, -0.2) is 9.67 Å². The summed E-state index contributed by atoms with van der Waals surface area (Å²) in [4.78, 5) is 17.4. The number of anilines is 1. The second-order valence-electron chi connectivity index (χ2n) is 8.30. The van der Waals surface area contributed by atoms with Gasteiger partial charge < -0.3 is 10.1 Å². The lowest BCUT2D eigenvalue weighted by Crippen LogP contribution is -2.25. The van der Waals surface area contributed by atoms with Crippen LogP contribution in [0.2, 0.25) is 0 Å². The Morgan fingerprint density at radius 2 is 1.82 bits per heavy atom.